The van der Waals surface area contributed by atoms with Gasteiger partial charge in [-0.15, -0.1) is 0 Å². The summed E-state index contributed by atoms with van der Waals surface area (Å²) in [6.07, 6.45) is 1.69. The number of aromatic hydroxyl groups is 2. The number of rotatable bonds is 5. The summed E-state index contributed by atoms with van der Waals surface area (Å²) in [7, 11) is 2.06. The van der Waals surface area contributed by atoms with Crippen molar-refractivity contribution in [2.75, 3.05) is 0 Å². The van der Waals surface area contributed by atoms with Crippen LogP contribution in [0.4, 0.5) is 0 Å². The van der Waals surface area contributed by atoms with Crippen LogP contribution in [0, 0.1) is 11.7 Å². The van der Waals surface area contributed by atoms with Gasteiger partial charge in [0.25, 0.3) is 5.82 Å². The third kappa shape index (κ3) is 3.08. The van der Waals surface area contributed by atoms with E-state index >= 15 is 0 Å². The Morgan fingerprint density at radius 3 is 2.60 bits per heavy atom. The maximum absolute atomic E-state index is 10.5. The number of nitrogens with zero attached hydrogens (tertiary/aromatic N) is 4. The van der Waals surface area contributed by atoms with E-state index in [1.807, 2.05) is 17.6 Å². The Morgan fingerprint density at radius 1 is 1.13 bits per heavy atom. The second-order valence-electron chi connectivity index (χ2n) is 7.47. The minimum atomic E-state index is -0.0449. The molecule has 3 N–H and O–H groups in total. The largest absolute Gasteiger partial charge is 0.508 e. The number of aromatic nitrogens is 5. The predicted octanol–water partition coefficient (Wildman–Crippen LogP) is 4.07. The number of fused-ring (bicyclic) bond motifs is 1. The van der Waals surface area contributed by atoms with E-state index in [0.717, 1.165) is 35.2 Å². The van der Waals surface area contributed by atoms with Crippen molar-refractivity contribution in [3.05, 3.63) is 46.5 Å². The summed E-state index contributed by atoms with van der Waals surface area (Å²) in [6, 6.07) is 9.31. The molecule has 156 valence electrons. The van der Waals surface area contributed by atoms with Gasteiger partial charge in [-0.05, 0) is 48.8 Å². The monoisotopic (exact) mass is 424 g/mol. The first kappa shape index (κ1) is 20.2. The molecule has 7 nitrogen and oxygen atoms in total. The lowest BCUT2D eigenvalue weighted by Crippen LogP contribution is -2.35. The van der Waals surface area contributed by atoms with E-state index in [4.69, 9.17) is 12.2 Å². The van der Waals surface area contributed by atoms with Crippen molar-refractivity contribution in [3.8, 4) is 28.6 Å². The summed E-state index contributed by atoms with van der Waals surface area (Å²) >= 11 is 5.52. The number of hydrogen-bond donors (Lipinski definition) is 3. The van der Waals surface area contributed by atoms with Crippen molar-refractivity contribution >= 4 is 23.3 Å². The molecule has 0 atom stereocenters. The highest BCUT2D eigenvalue weighted by atomic mass is 32.1. The number of imidazole rings is 1. The molecule has 2 heterocycles. The van der Waals surface area contributed by atoms with Gasteiger partial charge < -0.3 is 10.2 Å². The quantitative estimate of drug-likeness (QED) is 0.333. The minimum absolute atomic E-state index is 0.0449. The number of H-pyrrole nitrogens is 1. The Kier molecular flexibility index (Phi) is 5.11. The van der Waals surface area contributed by atoms with Gasteiger partial charge in [-0.1, -0.05) is 13.8 Å². The van der Waals surface area contributed by atoms with Crippen LogP contribution in [0.5, 0.6) is 11.5 Å². The van der Waals surface area contributed by atoms with Gasteiger partial charge in [0.15, 0.2) is 21.6 Å². The number of benzene rings is 2. The standard InChI is InChI=1S/C22H25N5O2S/c1-5-9-26-13(3)25(4)18-11-15(7-8-17(18)26)27-21(23-24-22(27)30)16-10-14(6-2)19(28)12-20(16)29/h7-8,10-12H,5-6,9H2,1-4H3,(H2-,23,24,28,29,30)/p+1. The van der Waals surface area contributed by atoms with Crippen molar-refractivity contribution < 1.29 is 14.8 Å². The van der Waals surface area contributed by atoms with Gasteiger partial charge in [0.1, 0.15) is 11.5 Å². The van der Waals surface area contributed by atoms with Crippen LogP contribution in [0.3, 0.4) is 0 Å². The second-order valence-corrected chi connectivity index (χ2v) is 7.86. The van der Waals surface area contributed by atoms with E-state index in [2.05, 4.69) is 52.4 Å². The maximum Gasteiger partial charge on any atom is 0.253 e. The average molecular weight is 425 g/mol. The summed E-state index contributed by atoms with van der Waals surface area (Å²) in [5.41, 5.74) is 4.36. The molecular weight excluding hydrogens is 398 g/mol. The smallest absolute Gasteiger partial charge is 0.253 e. The topological polar surface area (TPSA) is 82.9 Å². The highest BCUT2D eigenvalue weighted by Gasteiger charge is 2.21. The van der Waals surface area contributed by atoms with E-state index in [0.29, 0.717) is 22.6 Å². The predicted molar refractivity (Wildman–Crippen MR) is 119 cm³/mol. The lowest BCUT2D eigenvalue weighted by atomic mass is 10.1. The van der Waals surface area contributed by atoms with Gasteiger partial charge >= 0.3 is 0 Å². The van der Waals surface area contributed by atoms with Crippen LogP contribution >= 0.6 is 12.2 Å². The fraction of sp³-hybridized carbons (Fsp3) is 0.318. The molecule has 4 aromatic rings. The van der Waals surface area contributed by atoms with E-state index in [1.54, 1.807) is 6.07 Å². The summed E-state index contributed by atoms with van der Waals surface area (Å²) < 4.78 is 6.73. The normalized spacial score (nSPS) is 11.5. The van der Waals surface area contributed by atoms with Crippen LogP contribution in [0.2, 0.25) is 0 Å². The lowest BCUT2D eigenvalue weighted by Gasteiger charge is -2.11. The van der Waals surface area contributed by atoms with Gasteiger partial charge in [-0.3, -0.25) is 9.67 Å². The number of nitrogens with one attached hydrogen (secondary N) is 1. The highest BCUT2D eigenvalue weighted by molar-refractivity contribution is 7.71. The number of phenolic OH excluding ortho intramolecular Hbond substituents is 2. The molecule has 0 unspecified atom stereocenters. The van der Waals surface area contributed by atoms with Gasteiger partial charge in [0, 0.05) is 19.1 Å². The van der Waals surface area contributed by atoms with E-state index in [9.17, 15) is 10.2 Å². The van der Waals surface area contributed by atoms with Crippen LogP contribution < -0.4 is 4.57 Å². The number of hydrogen-bond acceptors (Lipinski definition) is 4. The first-order chi connectivity index (χ1) is 14.4. The van der Waals surface area contributed by atoms with Crippen molar-refractivity contribution in [2.24, 2.45) is 7.05 Å². The third-order valence-electron chi connectivity index (χ3n) is 5.68. The van der Waals surface area contributed by atoms with Crippen molar-refractivity contribution in [1.82, 2.24) is 19.3 Å². The molecule has 0 amide bonds. The number of aryl methyl sites for hydroxylation is 3. The Morgan fingerprint density at radius 2 is 1.90 bits per heavy atom. The van der Waals surface area contributed by atoms with Crippen LogP contribution in [0.15, 0.2) is 30.3 Å². The molecule has 0 aliphatic rings. The Hall–Kier alpha value is -3.13. The first-order valence-corrected chi connectivity index (χ1v) is 10.5. The Labute approximate surface area is 179 Å². The molecule has 0 aliphatic carbocycles. The van der Waals surface area contributed by atoms with Crippen LogP contribution in [-0.2, 0) is 20.0 Å². The molecule has 30 heavy (non-hydrogen) atoms. The average Bonchev–Trinajstić information content (AvgIpc) is 3.21. The molecule has 2 aromatic heterocycles. The molecule has 0 aliphatic heterocycles. The minimum Gasteiger partial charge on any atom is -0.508 e. The fourth-order valence-electron chi connectivity index (χ4n) is 3.98. The fourth-order valence-corrected chi connectivity index (χ4v) is 4.22. The Balaban J connectivity index is 1.94. The summed E-state index contributed by atoms with van der Waals surface area (Å²) in [5.74, 6) is 1.71. The summed E-state index contributed by atoms with van der Waals surface area (Å²) in [4.78, 5) is 0. The molecule has 0 fully saturated rings. The molecule has 0 bridgehead atoms. The molecule has 2 aromatic carbocycles. The molecular formula is C22H26N5O2S+. The highest BCUT2D eigenvalue weighted by Crippen LogP contribution is 2.35. The zero-order valence-electron chi connectivity index (χ0n) is 17.6. The van der Waals surface area contributed by atoms with Gasteiger partial charge in [0.05, 0.1) is 24.8 Å². The zero-order valence-corrected chi connectivity index (χ0v) is 18.4. The van der Waals surface area contributed by atoms with Crippen LogP contribution in [-0.4, -0.2) is 29.5 Å². The first-order valence-electron chi connectivity index (χ1n) is 10.1. The third-order valence-corrected chi connectivity index (χ3v) is 5.96. The summed E-state index contributed by atoms with van der Waals surface area (Å²) in [5, 5.41) is 27.8. The van der Waals surface area contributed by atoms with Crippen LogP contribution in [0.25, 0.3) is 28.1 Å². The molecule has 0 spiro atoms. The zero-order chi connectivity index (χ0) is 21.6. The van der Waals surface area contributed by atoms with Gasteiger partial charge in [-0.2, -0.15) is 5.10 Å². The van der Waals surface area contributed by atoms with Gasteiger partial charge in [0.2, 0.25) is 0 Å². The van der Waals surface area contributed by atoms with Crippen molar-refractivity contribution in [3.63, 3.8) is 0 Å². The second kappa shape index (κ2) is 7.60. The van der Waals surface area contributed by atoms with E-state index in [-0.39, 0.29) is 11.5 Å². The van der Waals surface area contributed by atoms with Crippen molar-refractivity contribution in [1.29, 1.82) is 0 Å². The Bertz CT molecular complexity index is 1320. The van der Waals surface area contributed by atoms with E-state index in [1.165, 1.54) is 11.9 Å². The molecule has 0 radical (unpaired) electrons. The SMILES string of the molecule is CCC[n+]1c(C)n(C)c2cc(-n3c(-c4cc(CC)c(O)cc4O)n[nH]c3=S)ccc21. The van der Waals surface area contributed by atoms with Crippen molar-refractivity contribution in [2.45, 2.75) is 40.2 Å². The van der Waals surface area contributed by atoms with Gasteiger partial charge in [-0.25, -0.2) is 9.13 Å². The number of aromatic amines is 1. The summed E-state index contributed by atoms with van der Waals surface area (Å²) in [6.45, 7) is 7.20. The molecule has 8 heteroatoms. The molecule has 4 rings (SSSR count). The number of phenols is 2. The molecule has 0 saturated heterocycles. The maximum atomic E-state index is 10.5. The molecule has 0 saturated carbocycles. The van der Waals surface area contributed by atoms with E-state index < -0.39 is 0 Å². The lowest BCUT2D eigenvalue weighted by molar-refractivity contribution is -0.678. The van der Waals surface area contributed by atoms with Crippen LogP contribution in [0.1, 0.15) is 31.7 Å².